The lowest BCUT2D eigenvalue weighted by atomic mass is 10.2. The fraction of sp³-hybridized carbons (Fsp3) is 0.400. The van der Waals surface area contributed by atoms with Crippen molar-refractivity contribution in [3.8, 4) is 0 Å². The highest BCUT2D eigenvalue weighted by atomic mass is 16.5. The van der Waals surface area contributed by atoms with Crippen LogP contribution < -0.4 is 0 Å². The van der Waals surface area contributed by atoms with Crippen molar-refractivity contribution in [1.82, 2.24) is 4.90 Å². The van der Waals surface area contributed by atoms with Crippen molar-refractivity contribution >= 4 is 5.91 Å². The summed E-state index contributed by atoms with van der Waals surface area (Å²) in [4.78, 5) is 13.2. The highest BCUT2D eigenvalue weighted by Crippen LogP contribution is 2.30. The zero-order valence-electron chi connectivity index (χ0n) is 10.9. The van der Waals surface area contributed by atoms with Gasteiger partial charge in [-0.1, -0.05) is 42.5 Å². The van der Waals surface area contributed by atoms with Gasteiger partial charge < -0.3 is 9.64 Å². The molecular formula is C15H19NO2. The van der Waals surface area contributed by atoms with Crippen LogP contribution >= 0.6 is 0 Å². The van der Waals surface area contributed by atoms with Crippen molar-refractivity contribution in [2.75, 3.05) is 6.61 Å². The smallest absolute Gasteiger partial charge is 0.220 e. The summed E-state index contributed by atoms with van der Waals surface area (Å²) in [6, 6.07) is 10.5. The van der Waals surface area contributed by atoms with Crippen LogP contribution in [-0.4, -0.2) is 29.5 Å². The summed E-state index contributed by atoms with van der Waals surface area (Å²) in [5, 5.41) is 0. The normalized spacial score (nSPS) is 22.4. The molecule has 1 aromatic carbocycles. The molecule has 0 bridgehead atoms. The van der Waals surface area contributed by atoms with E-state index in [2.05, 4.69) is 6.08 Å². The van der Waals surface area contributed by atoms with E-state index >= 15 is 0 Å². The van der Waals surface area contributed by atoms with Gasteiger partial charge in [0.25, 0.3) is 0 Å². The monoisotopic (exact) mass is 245 g/mol. The first kappa shape index (κ1) is 12.8. The van der Waals surface area contributed by atoms with E-state index in [4.69, 9.17) is 4.74 Å². The Bertz CT molecular complexity index is 427. The maximum atomic E-state index is 11.4. The topological polar surface area (TPSA) is 29.3 Å². The van der Waals surface area contributed by atoms with E-state index in [1.807, 2.05) is 48.2 Å². The summed E-state index contributed by atoms with van der Waals surface area (Å²) < 4.78 is 5.67. The Kier molecular flexibility index (Phi) is 4.15. The molecule has 1 aromatic rings. The predicted molar refractivity (Wildman–Crippen MR) is 71.0 cm³/mol. The molecule has 0 spiro atoms. The Morgan fingerprint density at radius 3 is 2.72 bits per heavy atom. The minimum Gasteiger partial charge on any atom is -0.375 e. The largest absolute Gasteiger partial charge is 0.375 e. The number of benzene rings is 1. The standard InChI is InChI=1S/C15H19NO2/c1-3-7-14-15(16(14)12(2)17)11-18-10-13-8-5-4-6-9-13/h3-9,14-15H,10-11H2,1-2H3/b7-3-/t14-,15+,16?/m1/s1. The van der Waals surface area contributed by atoms with Gasteiger partial charge in [0, 0.05) is 6.92 Å². The van der Waals surface area contributed by atoms with Crippen molar-refractivity contribution < 1.29 is 9.53 Å². The molecule has 1 aliphatic rings. The van der Waals surface area contributed by atoms with Crippen LogP contribution in [0.2, 0.25) is 0 Å². The number of hydrogen-bond donors (Lipinski definition) is 0. The number of amides is 1. The second-order valence-corrected chi connectivity index (χ2v) is 4.51. The molecule has 3 nitrogen and oxygen atoms in total. The van der Waals surface area contributed by atoms with Gasteiger partial charge in [-0.2, -0.15) is 0 Å². The molecule has 96 valence electrons. The molecule has 0 radical (unpaired) electrons. The lowest BCUT2D eigenvalue weighted by Crippen LogP contribution is -2.12. The fourth-order valence-corrected chi connectivity index (χ4v) is 2.21. The summed E-state index contributed by atoms with van der Waals surface area (Å²) >= 11 is 0. The zero-order valence-corrected chi connectivity index (χ0v) is 10.9. The van der Waals surface area contributed by atoms with Gasteiger partial charge in [0.1, 0.15) is 0 Å². The van der Waals surface area contributed by atoms with Crippen LogP contribution in [0.3, 0.4) is 0 Å². The van der Waals surface area contributed by atoms with Crippen molar-refractivity contribution in [2.45, 2.75) is 32.5 Å². The molecular weight excluding hydrogens is 226 g/mol. The molecule has 18 heavy (non-hydrogen) atoms. The van der Waals surface area contributed by atoms with Gasteiger partial charge in [-0.3, -0.25) is 4.79 Å². The Hall–Kier alpha value is -1.61. The van der Waals surface area contributed by atoms with Gasteiger partial charge in [0.05, 0.1) is 25.3 Å². The summed E-state index contributed by atoms with van der Waals surface area (Å²) in [6.45, 7) is 4.78. The van der Waals surface area contributed by atoms with Crippen molar-refractivity contribution in [3.63, 3.8) is 0 Å². The molecule has 1 amide bonds. The van der Waals surface area contributed by atoms with Crippen LogP contribution in [0.1, 0.15) is 19.4 Å². The average Bonchev–Trinajstić information content (AvgIpc) is 3.04. The Morgan fingerprint density at radius 1 is 1.39 bits per heavy atom. The van der Waals surface area contributed by atoms with E-state index < -0.39 is 0 Å². The highest BCUT2D eigenvalue weighted by Gasteiger charge is 2.47. The molecule has 0 aliphatic carbocycles. The molecule has 3 heteroatoms. The summed E-state index contributed by atoms with van der Waals surface area (Å²) in [5.41, 5.74) is 1.16. The van der Waals surface area contributed by atoms with E-state index in [0.29, 0.717) is 13.2 Å². The van der Waals surface area contributed by atoms with Crippen molar-refractivity contribution in [3.05, 3.63) is 48.0 Å². The van der Waals surface area contributed by atoms with E-state index in [1.54, 1.807) is 6.92 Å². The highest BCUT2D eigenvalue weighted by molar-refractivity contribution is 5.77. The molecule has 1 heterocycles. The van der Waals surface area contributed by atoms with Gasteiger partial charge in [-0.05, 0) is 12.5 Å². The van der Waals surface area contributed by atoms with Crippen molar-refractivity contribution in [1.29, 1.82) is 0 Å². The van der Waals surface area contributed by atoms with Gasteiger partial charge in [0.2, 0.25) is 5.91 Å². The van der Waals surface area contributed by atoms with Crippen LogP contribution in [0, 0.1) is 0 Å². The molecule has 0 aromatic heterocycles. The first-order valence-electron chi connectivity index (χ1n) is 6.27. The number of rotatable bonds is 5. The number of nitrogens with zero attached hydrogens (tertiary/aromatic N) is 1. The molecule has 0 unspecified atom stereocenters. The molecule has 1 fully saturated rings. The van der Waals surface area contributed by atoms with E-state index in [9.17, 15) is 4.79 Å². The molecule has 0 N–H and O–H groups in total. The molecule has 2 rings (SSSR count). The maximum absolute atomic E-state index is 11.4. The van der Waals surface area contributed by atoms with E-state index in [0.717, 1.165) is 5.56 Å². The molecule has 2 atom stereocenters. The Labute approximate surface area is 108 Å². The Morgan fingerprint density at radius 2 is 2.11 bits per heavy atom. The number of carbonyl (C=O) groups is 1. The predicted octanol–water partition coefficient (Wildman–Crippen LogP) is 2.38. The van der Waals surface area contributed by atoms with Crippen LogP contribution in [0.15, 0.2) is 42.5 Å². The maximum Gasteiger partial charge on any atom is 0.220 e. The minimum absolute atomic E-state index is 0.117. The van der Waals surface area contributed by atoms with Crippen LogP contribution in [0.4, 0.5) is 0 Å². The molecule has 0 saturated carbocycles. The summed E-state index contributed by atoms with van der Waals surface area (Å²) in [7, 11) is 0. The van der Waals surface area contributed by atoms with E-state index in [1.165, 1.54) is 0 Å². The number of hydrogen-bond acceptors (Lipinski definition) is 2. The average molecular weight is 245 g/mol. The third-order valence-corrected chi connectivity index (χ3v) is 3.14. The second-order valence-electron chi connectivity index (χ2n) is 4.51. The minimum atomic E-state index is 0.117. The number of carbonyl (C=O) groups excluding carboxylic acids is 1. The van der Waals surface area contributed by atoms with E-state index in [-0.39, 0.29) is 18.0 Å². The van der Waals surface area contributed by atoms with Crippen LogP contribution in [-0.2, 0) is 16.1 Å². The zero-order chi connectivity index (χ0) is 13.0. The first-order valence-corrected chi connectivity index (χ1v) is 6.27. The molecule has 1 aliphatic heterocycles. The van der Waals surface area contributed by atoms with Gasteiger partial charge in [-0.15, -0.1) is 0 Å². The summed E-state index contributed by atoms with van der Waals surface area (Å²) in [6.07, 6.45) is 4.04. The lowest BCUT2D eigenvalue weighted by Gasteiger charge is -2.03. The Balaban J connectivity index is 1.79. The lowest BCUT2D eigenvalue weighted by molar-refractivity contribution is -0.124. The van der Waals surface area contributed by atoms with Gasteiger partial charge in [0.15, 0.2) is 0 Å². The van der Waals surface area contributed by atoms with Gasteiger partial charge >= 0.3 is 0 Å². The third-order valence-electron chi connectivity index (χ3n) is 3.14. The summed E-state index contributed by atoms with van der Waals surface area (Å²) in [5.74, 6) is 0.117. The van der Waals surface area contributed by atoms with Crippen LogP contribution in [0.25, 0.3) is 0 Å². The van der Waals surface area contributed by atoms with Gasteiger partial charge in [-0.25, -0.2) is 0 Å². The SMILES string of the molecule is C/C=C\[C@@H]1[C@H](COCc2ccccc2)N1C(C)=O. The number of ether oxygens (including phenoxy) is 1. The second kappa shape index (κ2) is 5.83. The first-order chi connectivity index (χ1) is 8.74. The van der Waals surface area contributed by atoms with Crippen LogP contribution in [0.5, 0.6) is 0 Å². The van der Waals surface area contributed by atoms with Crippen molar-refractivity contribution in [2.24, 2.45) is 0 Å². The fourth-order valence-electron chi connectivity index (χ4n) is 2.21. The number of allylic oxidation sites excluding steroid dienone is 1. The quantitative estimate of drug-likeness (QED) is 0.589. The molecule has 1 saturated heterocycles. The third kappa shape index (κ3) is 2.99.